The molecule has 118 valence electrons. The number of amides is 2. The van der Waals surface area contributed by atoms with Crippen LogP contribution in [0, 0.1) is 6.92 Å². The van der Waals surface area contributed by atoms with Crippen molar-refractivity contribution < 1.29 is 19.5 Å². The Labute approximate surface area is 133 Å². The van der Waals surface area contributed by atoms with Crippen LogP contribution >= 0.6 is 0 Å². The van der Waals surface area contributed by atoms with Gasteiger partial charge >= 0.3 is 5.97 Å². The molecule has 0 heterocycles. The third kappa shape index (κ3) is 4.41. The van der Waals surface area contributed by atoms with Crippen LogP contribution in [0.25, 0.3) is 0 Å². The average molecular weight is 312 g/mol. The van der Waals surface area contributed by atoms with Crippen molar-refractivity contribution in [1.82, 2.24) is 5.32 Å². The van der Waals surface area contributed by atoms with Crippen molar-refractivity contribution in [2.75, 3.05) is 11.9 Å². The van der Waals surface area contributed by atoms with Gasteiger partial charge in [0.15, 0.2) is 0 Å². The first kappa shape index (κ1) is 16.2. The van der Waals surface area contributed by atoms with Crippen molar-refractivity contribution in [2.24, 2.45) is 0 Å². The van der Waals surface area contributed by atoms with Gasteiger partial charge in [-0.15, -0.1) is 0 Å². The van der Waals surface area contributed by atoms with Gasteiger partial charge in [0.1, 0.15) is 0 Å². The van der Waals surface area contributed by atoms with Crippen molar-refractivity contribution in [3.05, 3.63) is 65.2 Å². The Morgan fingerprint density at radius 2 is 1.70 bits per heavy atom. The second-order valence-corrected chi connectivity index (χ2v) is 4.93. The lowest BCUT2D eigenvalue weighted by molar-refractivity contribution is -0.115. The van der Waals surface area contributed by atoms with Gasteiger partial charge in [-0.2, -0.15) is 0 Å². The van der Waals surface area contributed by atoms with Gasteiger partial charge in [-0.3, -0.25) is 9.59 Å². The maximum Gasteiger partial charge on any atom is 0.335 e. The molecular formula is C17H16N2O4. The molecule has 0 atom stereocenters. The summed E-state index contributed by atoms with van der Waals surface area (Å²) < 4.78 is 0. The highest BCUT2D eigenvalue weighted by molar-refractivity contribution is 6.00. The SMILES string of the molecule is Cc1ccc(C(=O)O)cc1NC(=O)CNC(=O)c1ccccc1. The zero-order valence-corrected chi connectivity index (χ0v) is 12.5. The molecule has 2 aromatic rings. The monoisotopic (exact) mass is 312 g/mol. The fraction of sp³-hybridized carbons (Fsp3) is 0.118. The van der Waals surface area contributed by atoms with Gasteiger partial charge in [0.2, 0.25) is 5.91 Å². The summed E-state index contributed by atoms with van der Waals surface area (Å²) in [5.41, 5.74) is 1.69. The van der Waals surface area contributed by atoms with Crippen LogP contribution in [0.2, 0.25) is 0 Å². The van der Waals surface area contributed by atoms with Crippen LogP contribution in [0.5, 0.6) is 0 Å². The van der Waals surface area contributed by atoms with E-state index in [1.165, 1.54) is 12.1 Å². The van der Waals surface area contributed by atoms with Crippen molar-refractivity contribution in [2.45, 2.75) is 6.92 Å². The summed E-state index contributed by atoms with van der Waals surface area (Å²) in [4.78, 5) is 34.7. The molecule has 0 fully saturated rings. The molecule has 0 saturated carbocycles. The minimum Gasteiger partial charge on any atom is -0.478 e. The lowest BCUT2D eigenvalue weighted by atomic mass is 10.1. The average Bonchev–Trinajstić information content (AvgIpc) is 2.55. The van der Waals surface area contributed by atoms with E-state index < -0.39 is 11.9 Å². The summed E-state index contributed by atoms with van der Waals surface area (Å²) in [6.45, 7) is 1.55. The molecule has 0 aliphatic rings. The Hall–Kier alpha value is -3.15. The number of carboxylic acids is 1. The summed E-state index contributed by atoms with van der Waals surface area (Å²) in [7, 11) is 0. The quantitative estimate of drug-likeness (QED) is 0.787. The number of aryl methyl sites for hydroxylation is 1. The smallest absolute Gasteiger partial charge is 0.335 e. The van der Waals surface area contributed by atoms with E-state index in [-0.39, 0.29) is 18.0 Å². The maximum absolute atomic E-state index is 11.9. The van der Waals surface area contributed by atoms with Crippen LogP contribution < -0.4 is 10.6 Å². The Morgan fingerprint density at radius 3 is 2.35 bits per heavy atom. The third-order valence-electron chi connectivity index (χ3n) is 3.20. The summed E-state index contributed by atoms with van der Waals surface area (Å²) in [6.07, 6.45) is 0. The number of nitrogens with one attached hydrogen (secondary N) is 2. The molecule has 2 rings (SSSR count). The Kier molecular flexibility index (Phi) is 5.09. The number of rotatable bonds is 5. The predicted molar refractivity (Wildman–Crippen MR) is 85.5 cm³/mol. The standard InChI is InChI=1S/C17H16N2O4/c1-11-7-8-13(17(22)23)9-14(11)19-15(20)10-18-16(21)12-5-3-2-4-6-12/h2-9H,10H2,1H3,(H,18,21)(H,19,20)(H,22,23). The number of aromatic carboxylic acids is 1. The maximum atomic E-state index is 11.9. The molecule has 2 aromatic carbocycles. The molecule has 0 saturated heterocycles. The summed E-state index contributed by atoms with van der Waals surface area (Å²) in [5.74, 6) is -1.85. The molecule has 2 amide bonds. The molecule has 6 nitrogen and oxygen atoms in total. The molecule has 6 heteroatoms. The summed E-state index contributed by atoms with van der Waals surface area (Å²) >= 11 is 0. The molecule has 0 aliphatic heterocycles. The van der Waals surface area contributed by atoms with Crippen LogP contribution in [0.1, 0.15) is 26.3 Å². The van der Waals surface area contributed by atoms with Crippen molar-refractivity contribution in [1.29, 1.82) is 0 Å². The molecular weight excluding hydrogens is 296 g/mol. The van der Waals surface area contributed by atoms with Gasteiger partial charge in [-0.25, -0.2) is 4.79 Å². The van der Waals surface area contributed by atoms with Crippen LogP contribution in [0.4, 0.5) is 5.69 Å². The van der Waals surface area contributed by atoms with Gasteiger partial charge in [0.25, 0.3) is 5.91 Å². The summed E-state index contributed by atoms with van der Waals surface area (Å²) in [5, 5.41) is 14.1. The predicted octanol–water partition coefficient (Wildman–Crippen LogP) is 2.06. The first-order chi connectivity index (χ1) is 11.0. The van der Waals surface area contributed by atoms with Gasteiger partial charge in [0.05, 0.1) is 12.1 Å². The van der Waals surface area contributed by atoms with Crippen molar-refractivity contribution in [3.63, 3.8) is 0 Å². The van der Waals surface area contributed by atoms with Crippen LogP contribution in [-0.4, -0.2) is 29.4 Å². The van der Waals surface area contributed by atoms with Crippen LogP contribution in [0.15, 0.2) is 48.5 Å². The van der Waals surface area contributed by atoms with E-state index in [1.807, 2.05) is 0 Å². The molecule has 0 bridgehead atoms. The van der Waals surface area contributed by atoms with E-state index in [9.17, 15) is 14.4 Å². The third-order valence-corrected chi connectivity index (χ3v) is 3.20. The lowest BCUT2D eigenvalue weighted by Crippen LogP contribution is -2.33. The highest BCUT2D eigenvalue weighted by atomic mass is 16.4. The van der Waals surface area contributed by atoms with E-state index in [0.717, 1.165) is 5.56 Å². The number of carbonyl (C=O) groups excluding carboxylic acids is 2. The number of hydrogen-bond acceptors (Lipinski definition) is 3. The second kappa shape index (κ2) is 7.22. The van der Waals surface area contributed by atoms with Crippen LogP contribution in [0.3, 0.4) is 0 Å². The van der Waals surface area contributed by atoms with Crippen LogP contribution in [-0.2, 0) is 4.79 Å². The van der Waals surface area contributed by atoms with Crippen molar-refractivity contribution in [3.8, 4) is 0 Å². The van der Waals surface area contributed by atoms with Crippen molar-refractivity contribution >= 4 is 23.5 Å². The van der Waals surface area contributed by atoms with Gasteiger partial charge in [-0.1, -0.05) is 24.3 Å². The van der Waals surface area contributed by atoms with E-state index in [1.54, 1.807) is 43.3 Å². The van der Waals surface area contributed by atoms with Gasteiger partial charge in [-0.05, 0) is 36.8 Å². The zero-order valence-electron chi connectivity index (χ0n) is 12.5. The number of benzene rings is 2. The Bertz CT molecular complexity index is 742. The minimum atomic E-state index is -1.07. The molecule has 0 radical (unpaired) electrons. The summed E-state index contributed by atoms with van der Waals surface area (Å²) in [6, 6.07) is 13.0. The molecule has 0 aliphatic carbocycles. The topological polar surface area (TPSA) is 95.5 Å². The zero-order chi connectivity index (χ0) is 16.8. The Balaban J connectivity index is 1.96. The van der Waals surface area contributed by atoms with E-state index in [2.05, 4.69) is 10.6 Å². The van der Waals surface area contributed by atoms with E-state index >= 15 is 0 Å². The largest absolute Gasteiger partial charge is 0.478 e. The highest BCUT2D eigenvalue weighted by Gasteiger charge is 2.11. The van der Waals surface area contributed by atoms with Gasteiger partial charge in [0, 0.05) is 11.3 Å². The minimum absolute atomic E-state index is 0.0826. The number of carbonyl (C=O) groups is 3. The van der Waals surface area contributed by atoms with E-state index in [4.69, 9.17) is 5.11 Å². The number of hydrogen-bond donors (Lipinski definition) is 3. The van der Waals surface area contributed by atoms with E-state index in [0.29, 0.717) is 11.3 Å². The second-order valence-electron chi connectivity index (χ2n) is 4.93. The number of carboxylic acid groups (broad SMARTS) is 1. The molecule has 0 spiro atoms. The normalized spacial score (nSPS) is 9.96. The highest BCUT2D eigenvalue weighted by Crippen LogP contribution is 2.16. The fourth-order valence-electron chi connectivity index (χ4n) is 1.94. The molecule has 3 N–H and O–H groups in total. The lowest BCUT2D eigenvalue weighted by Gasteiger charge is -2.10. The molecule has 0 aromatic heterocycles. The first-order valence-electron chi connectivity index (χ1n) is 6.94. The fourth-order valence-corrected chi connectivity index (χ4v) is 1.94. The Morgan fingerprint density at radius 1 is 1.00 bits per heavy atom. The molecule has 23 heavy (non-hydrogen) atoms. The van der Waals surface area contributed by atoms with Gasteiger partial charge < -0.3 is 15.7 Å². The number of anilines is 1. The first-order valence-corrected chi connectivity index (χ1v) is 6.94. The molecule has 0 unspecified atom stereocenters.